The van der Waals surface area contributed by atoms with Gasteiger partial charge in [0.15, 0.2) is 11.8 Å². The van der Waals surface area contributed by atoms with E-state index in [9.17, 15) is 0 Å². The van der Waals surface area contributed by atoms with Crippen LogP contribution in [-0.2, 0) is 13.1 Å². The Bertz CT molecular complexity index is 1150. The molecule has 0 saturated carbocycles. The van der Waals surface area contributed by atoms with Crippen molar-refractivity contribution >= 4 is 41.0 Å². The normalized spacial score (nSPS) is 11.4. The van der Waals surface area contributed by atoms with Crippen LogP contribution in [0.1, 0.15) is 24.7 Å². The number of aryl methyl sites for hydroxylation is 2. The minimum Gasteiger partial charge on any atom is -0.357 e. The number of aromatic nitrogens is 5. The Kier molecular flexibility index (Phi) is 8.60. The minimum absolute atomic E-state index is 0. The maximum atomic E-state index is 4.73. The first-order valence-electron chi connectivity index (χ1n) is 10.6. The van der Waals surface area contributed by atoms with Crippen LogP contribution in [0.25, 0.3) is 16.9 Å². The molecule has 0 bridgehead atoms. The van der Waals surface area contributed by atoms with Crippen molar-refractivity contribution in [3.8, 4) is 5.82 Å². The lowest BCUT2D eigenvalue weighted by Crippen LogP contribution is -2.38. The second kappa shape index (κ2) is 11.6. The first-order chi connectivity index (χ1) is 15.2. The fraction of sp³-hybridized carbons (Fsp3) is 0.304. The summed E-state index contributed by atoms with van der Waals surface area (Å²) in [6.45, 7) is 7.25. The van der Waals surface area contributed by atoms with Gasteiger partial charge in [-0.3, -0.25) is 0 Å². The van der Waals surface area contributed by atoms with E-state index < -0.39 is 0 Å². The van der Waals surface area contributed by atoms with Gasteiger partial charge in [0.05, 0.1) is 17.6 Å². The van der Waals surface area contributed by atoms with Crippen LogP contribution in [0.3, 0.4) is 0 Å². The largest absolute Gasteiger partial charge is 0.357 e. The quantitative estimate of drug-likeness (QED) is 0.153. The van der Waals surface area contributed by atoms with Crippen molar-refractivity contribution in [2.45, 2.75) is 33.4 Å². The SMILES string of the molecule is CCNC(=NCc1ccnc(-n2cccn2)c1)NCCCn1c(C)nc2ccccc21.I. The molecular formula is C23H29IN8. The Balaban J connectivity index is 0.00000289. The molecule has 168 valence electrons. The third-order valence-electron chi connectivity index (χ3n) is 5.01. The highest BCUT2D eigenvalue weighted by molar-refractivity contribution is 14.0. The summed E-state index contributed by atoms with van der Waals surface area (Å²) >= 11 is 0. The van der Waals surface area contributed by atoms with Crippen LogP contribution >= 0.6 is 24.0 Å². The van der Waals surface area contributed by atoms with Gasteiger partial charge in [-0.1, -0.05) is 12.1 Å². The monoisotopic (exact) mass is 544 g/mol. The number of imidazole rings is 1. The van der Waals surface area contributed by atoms with Crippen LogP contribution in [0.4, 0.5) is 0 Å². The van der Waals surface area contributed by atoms with E-state index in [0.717, 1.165) is 54.7 Å². The number of halogens is 1. The van der Waals surface area contributed by atoms with E-state index >= 15 is 0 Å². The van der Waals surface area contributed by atoms with E-state index in [4.69, 9.17) is 4.99 Å². The highest BCUT2D eigenvalue weighted by Crippen LogP contribution is 2.15. The fourth-order valence-corrected chi connectivity index (χ4v) is 3.52. The van der Waals surface area contributed by atoms with E-state index in [2.05, 4.69) is 62.3 Å². The topological polar surface area (TPSA) is 85.0 Å². The summed E-state index contributed by atoms with van der Waals surface area (Å²) in [6, 6.07) is 14.1. The van der Waals surface area contributed by atoms with Gasteiger partial charge < -0.3 is 15.2 Å². The van der Waals surface area contributed by atoms with Crippen molar-refractivity contribution in [2.24, 2.45) is 4.99 Å². The summed E-state index contributed by atoms with van der Waals surface area (Å²) in [4.78, 5) is 13.7. The van der Waals surface area contributed by atoms with Crippen LogP contribution < -0.4 is 10.6 Å². The van der Waals surface area contributed by atoms with E-state index in [1.807, 2.05) is 30.5 Å². The summed E-state index contributed by atoms with van der Waals surface area (Å²) in [5.74, 6) is 2.65. The van der Waals surface area contributed by atoms with E-state index in [1.54, 1.807) is 17.1 Å². The van der Waals surface area contributed by atoms with Gasteiger partial charge >= 0.3 is 0 Å². The second-order valence-corrected chi connectivity index (χ2v) is 7.25. The van der Waals surface area contributed by atoms with Gasteiger partial charge in [-0.05, 0) is 56.2 Å². The van der Waals surface area contributed by atoms with Crippen LogP contribution in [0, 0.1) is 6.92 Å². The van der Waals surface area contributed by atoms with Gasteiger partial charge in [0.1, 0.15) is 5.82 Å². The number of rotatable bonds is 8. The Hall–Kier alpha value is -2.95. The number of benzene rings is 1. The lowest BCUT2D eigenvalue weighted by atomic mass is 10.2. The number of pyridine rings is 1. The van der Waals surface area contributed by atoms with E-state index in [1.165, 1.54) is 5.52 Å². The third kappa shape index (κ3) is 5.84. The van der Waals surface area contributed by atoms with Crippen molar-refractivity contribution < 1.29 is 0 Å². The molecule has 0 atom stereocenters. The van der Waals surface area contributed by atoms with Crippen molar-refractivity contribution in [1.29, 1.82) is 0 Å². The molecule has 3 heterocycles. The van der Waals surface area contributed by atoms with Gasteiger partial charge in [0.2, 0.25) is 0 Å². The molecule has 8 nitrogen and oxygen atoms in total. The Labute approximate surface area is 205 Å². The molecular weight excluding hydrogens is 515 g/mol. The number of guanidine groups is 1. The van der Waals surface area contributed by atoms with Crippen LogP contribution in [0.5, 0.6) is 0 Å². The zero-order valence-electron chi connectivity index (χ0n) is 18.4. The zero-order valence-corrected chi connectivity index (χ0v) is 20.7. The standard InChI is InChI=1S/C23H28N8.HI/c1-3-24-23(27-17-19-10-13-25-22(16-19)31-15-7-12-28-31)26-11-6-14-30-18(2)29-20-8-4-5-9-21(20)30;/h4-5,7-10,12-13,15-16H,3,6,11,14,17H2,1-2H3,(H2,24,26,27);1H. The molecule has 32 heavy (non-hydrogen) atoms. The van der Waals surface area contributed by atoms with Crippen LogP contribution in [0.2, 0.25) is 0 Å². The Morgan fingerprint density at radius 3 is 2.78 bits per heavy atom. The molecule has 1 aromatic carbocycles. The molecule has 0 amide bonds. The van der Waals surface area contributed by atoms with Crippen molar-refractivity contribution in [3.63, 3.8) is 0 Å². The summed E-state index contributed by atoms with van der Waals surface area (Å²) in [5.41, 5.74) is 3.32. The molecule has 0 aliphatic rings. The molecule has 4 rings (SSSR count). The van der Waals surface area contributed by atoms with Crippen LogP contribution in [-0.4, -0.2) is 43.4 Å². The smallest absolute Gasteiger partial charge is 0.191 e. The molecule has 4 aromatic rings. The van der Waals surface area contributed by atoms with Crippen LogP contribution in [0.15, 0.2) is 66.0 Å². The van der Waals surface area contributed by atoms with Gasteiger partial charge in [0.25, 0.3) is 0 Å². The highest BCUT2D eigenvalue weighted by atomic mass is 127. The molecule has 0 fully saturated rings. The predicted octanol–water partition coefficient (Wildman–Crippen LogP) is 3.69. The molecule has 0 radical (unpaired) electrons. The Morgan fingerprint density at radius 1 is 1.09 bits per heavy atom. The summed E-state index contributed by atoms with van der Waals surface area (Å²) < 4.78 is 4.02. The minimum atomic E-state index is 0. The number of fused-ring (bicyclic) bond motifs is 1. The molecule has 2 N–H and O–H groups in total. The first-order valence-corrected chi connectivity index (χ1v) is 10.6. The average molecular weight is 544 g/mol. The second-order valence-electron chi connectivity index (χ2n) is 7.25. The summed E-state index contributed by atoms with van der Waals surface area (Å²) in [5, 5.41) is 11.0. The van der Waals surface area contributed by atoms with Crippen molar-refractivity contribution in [3.05, 3.63) is 72.4 Å². The highest BCUT2D eigenvalue weighted by Gasteiger charge is 2.06. The summed E-state index contributed by atoms with van der Waals surface area (Å²) in [7, 11) is 0. The number of hydrogen-bond donors (Lipinski definition) is 2. The molecule has 9 heteroatoms. The van der Waals surface area contributed by atoms with Gasteiger partial charge in [-0.2, -0.15) is 5.10 Å². The Morgan fingerprint density at radius 2 is 1.97 bits per heavy atom. The number of nitrogens with one attached hydrogen (secondary N) is 2. The fourth-order valence-electron chi connectivity index (χ4n) is 3.52. The molecule has 0 spiro atoms. The molecule has 3 aromatic heterocycles. The zero-order chi connectivity index (χ0) is 21.5. The number of aliphatic imine (C=N–C) groups is 1. The van der Waals surface area contributed by atoms with Crippen molar-refractivity contribution in [1.82, 2.24) is 34.9 Å². The maximum Gasteiger partial charge on any atom is 0.191 e. The van der Waals surface area contributed by atoms with Gasteiger partial charge in [0, 0.05) is 38.2 Å². The van der Waals surface area contributed by atoms with Gasteiger partial charge in [-0.15, -0.1) is 24.0 Å². The first kappa shape index (κ1) is 23.7. The molecule has 0 saturated heterocycles. The third-order valence-corrected chi connectivity index (χ3v) is 5.01. The number of para-hydroxylation sites is 2. The molecule has 0 aliphatic carbocycles. The van der Waals surface area contributed by atoms with Crippen molar-refractivity contribution in [2.75, 3.05) is 13.1 Å². The number of hydrogen-bond acceptors (Lipinski definition) is 4. The maximum absolute atomic E-state index is 4.73. The summed E-state index contributed by atoms with van der Waals surface area (Å²) in [6.07, 6.45) is 6.39. The van der Waals surface area contributed by atoms with Gasteiger partial charge in [-0.25, -0.2) is 19.6 Å². The van der Waals surface area contributed by atoms with E-state index in [-0.39, 0.29) is 24.0 Å². The van der Waals surface area contributed by atoms with E-state index in [0.29, 0.717) is 6.54 Å². The predicted molar refractivity (Wildman–Crippen MR) is 139 cm³/mol. The number of nitrogens with zero attached hydrogens (tertiary/aromatic N) is 6. The lowest BCUT2D eigenvalue weighted by Gasteiger charge is -2.12. The molecule has 0 unspecified atom stereocenters. The average Bonchev–Trinajstić information content (AvgIpc) is 3.43. The lowest BCUT2D eigenvalue weighted by molar-refractivity contribution is 0.624. The molecule has 0 aliphatic heterocycles.